The Balaban J connectivity index is 2.34. The van der Waals surface area contributed by atoms with Gasteiger partial charge < -0.3 is 14.6 Å². The van der Waals surface area contributed by atoms with Gasteiger partial charge in [-0.2, -0.15) is 0 Å². The van der Waals surface area contributed by atoms with Crippen molar-refractivity contribution in [1.29, 1.82) is 0 Å². The molecule has 0 aromatic rings. The van der Waals surface area contributed by atoms with E-state index in [-0.39, 0.29) is 5.41 Å². The van der Waals surface area contributed by atoms with Crippen molar-refractivity contribution in [3.63, 3.8) is 0 Å². The summed E-state index contributed by atoms with van der Waals surface area (Å²) in [7, 11) is 1.35. The van der Waals surface area contributed by atoms with Crippen molar-refractivity contribution in [2.45, 2.75) is 57.7 Å². The number of carbonyl (C=O) groups is 1. The molecule has 0 aromatic carbocycles. The molecule has 4 heteroatoms. The number of fused-ring (bicyclic) bond motifs is 1. The third-order valence-electron chi connectivity index (χ3n) is 5.04. The van der Waals surface area contributed by atoms with E-state index in [0.717, 1.165) is 19.3 Å². The average molecular weight is 254 g/mol. The Hall–Kier alpha value is -1.03. The summed E-state index contributed by atoms with van der Waals surface area (Å²) in [4.78, 5) is 11.3. The molecular weight excluding hydrogens is 232 g/mol. The lowest BCUT2D eigenvalue weighted by Crippen LogP contribution is -2.58. The highest BCUT2D eigenvalue weighted by atomic mass is 16.5. The first-order valence-corrected chi connectivity index (χ1v) is 6.44. The average Bonchev–Trinajstić information content (AvgIpc) is 2.51. The molecular formula is C14H22O4. The van der Waals surface area contributed by atoms with Gasteiger partial charge in [-0.25, -0.2) is 4.79 Å². The van der Waals surface area contributed by atoms with Gasteiger partial charge in [0.25, 0.3) is 0 Å². The molecule has 0 aromatic heterocycles. The Kier molecular flexibility index (Phi) is 2.97. The lowest BCUT2D eigenvalue weighted by atomic mass is 9.57. The van der Waals surface area contributed by atoms with Crippen LogP contribution >= 0.6 is 0 Å². The first-order chi connectivity index (χ1) is 8.24. The summed E-state index contributed by atoms with van der Waals surface area (Å²) in [5.41, 5.74) is -1.54. The molecule has 18 heavy (non-hydrogen) atoms. The van der Waals surface area contributed by atoms with Gasteiger partial charge in [0, 0.05) is 11.8 Å². The Bertz CT molecular complexity index is 399. The SMILES string of the molecule is COC(=O)/C=C1\C[C@@]2(C)[C@@](C)(O)CCC[C@@]2(C)O1. The highest BCUT2D eigenvalue weighted by Crippen LogP contribution is 2.60. The monoisotopic (exact) mass is 254 g/mol. The van der Waals surface area contributed by atoms with Gasteiger partial charge in [-0.1, -0.05) is 6.92 Å². The number of esters is 1. The molecule has 1 aliphatic carbocycles. The number of carbonyl (C=O) groups excluding carboxylic acids is 1. The molecule has 1 heterocycles. The second-order valence-electron chi connectivity index (χ2n) is 6.10. The van der Waals surface area contributed by atoms with Crippen molar-refractivity contribution in [3.05, 3.63) is 11.8 Å². The van der Waals surface area contributed by atoms with Crippen LogP contribution in [0.25, 0.3) is 0 Å². The summed E-state index contributed by atoms with van der Waals surface area (Å²) < 4.78 is 10.6. The van der Waals surface area contributed by atoms with Crippen LogP contribution in [0.4, 0.5) is 0 Å². The van der Waals surface area contributed by atoms with Crippen LogP contribution in [0.1, 0.15) is 46.5 Å². The minimum Gasteiger partial charge on any atom is -0.491 e. The largest absolute Gasteiger partial charge is 0.491 e. The Morgan fingerprint density at radius 1 is 1.39 bits per heavy atom. The molecule has 2 fully saturated rings. The zero-order chi connectivity index (χ0) is 13.6. The minimum atomic E-state index is -0.772. The second-order valence-corrected chi connectivity index (χ2v) is 6.10. The highest BCUT2D eigenvalue weighted by molar-refractivity contribution is 5.82. The highest BCUT2D eigenvalue weighted by Gasteiger charge is 2.63. The third kappa shape index (κ3) is 1.74. The smallest absolute Gasteiger partial charge is 0.333 e. The topological polar surface area (TPSA) is 55.8 Å². The molecule has 102 valence electrons. The van der Waals surface area contributed by atoms with Crippen molar-refractivity contribution in [1.82, 2.24) is 0 Å². The van der Waals surface area contributed by atoms with Crippen molar-refractivity contribution < 1.29 is 19.4 Å². The number of aliphatic hydroxyl groups is 1. The summed E-state index contributed by atoms with van der Waals surface area (Å²) in [6.07, 6.45) is 4.58. The molecule has 0 radical (unpaired) electrons. The fourth-order valence-corrected chi connectivity index (χ4v) is 3.38. The van der Waals surface area contributed by atoms with Gasteiger partial charge in [0.05, 0.1) is 18.8 Å². The van der Waals surface area contributed by atoms with Crippen molar-refractivity contribution >= 4 is 5.97 Å². The van der Waals surface area contributed by atoms with E-state index in [0.29, 0.717) is 12.2 Å². The summed E-state index contributed by atoms with van der Waals surface area (Å²) in [6.45, 7) is 5.94. The fraction of sp³-hybridized carbons (Fsp3) is 0.786. The van der Waals surface area contributed by atoms with Crippen LogP contribution in [0.5, 0.6) is 0 Å². The number of hydrogen-bond donors (Lipinski definition) is 1. The zero-order valence-electron chi connectivity index (χ0n) is 11.6. The molecule has 1 aliphatic heterocycles. The van der Waals surface area contributed by atoms with E-state index in [4.69, 9.17) is 4.74 Å². The second kappa shape index (κ2) is 3.98. The van der Waals surface area contributed by atoms with E-state index in [9.17, 15) is 9.90 Å². The molecule has 0 spiro atoms. The maximum atomic E-state index is 11.3. The first kappa shape index (κ1) is 13.4. The van der Waals surface area contributed by atoms with Crippen molar-refractivity contribution in [2.75, 3.05) is 7.11 Å². The summed E-state index contributed by atoms with van der Waals surface area (Å²) in [5, 5.41) is 10.7. The predicted molar refractivity (Wildman–Crippen MR) is 66.8 cm³/mol. The number of rotatable bonds is 1. The van der Waals surface area contributed by atoms with Crippen LogP contribution in [0.2, 0.25) is 0 Å². The number of methoxy groups -OCH3 is 1. The fourth-order valence-electron chi connectivity index (χ4n) is 3.38. The molecule has 0 bridgehead atoms. The van der Waals surface area contributed by atoms with Gasteiger partial charge >= 0.3 is 5.97 Å². The van der Waals surface area contributed by atoms with Gasteiger partial charge in [-0.3, -0.25) is 0 Å². The summed E-state index contributed by atoms with van der Waals surface area (Å²) >= 11 is 0. The number of ether oxygens (including phenoxy) is 2. The van der Waals surface area contributed by atoms with Gasteiger partial charge in [-0.15, -0.1) is 0 Å². The maximum Gasteiger partial charge on any atom is 0.333 e. The Morgan fingerprint density at radius 3 is 2.61 bits per heavy atom. The minimum absolute atomic E-state index is 0.363. The van der Waals surface area contributed by atoms with Gasteiger partial charge in [0.1, 0.15) is 11.4 Å². The van der Waals surface area contributed by atoms with E-state index in [2.05, 4.69) is 4.74 Å². The molecule has 0 amide bonds. The van der Waals surface area contributed by atoms with E-state index in [1.54, 1.807) is 0 Å². The van der Waals surface area contributed by atoms with Crippen molar-refractivity contribution in [3.8, 4) is 0 Å². The Labute approximate surface area is 108 Å². The van der Waals surface area contributed by atoms with Crippen LogP contribution in [-0.4, -0.2) is 29.4 Å². The van der Waals surface area contributed by atoms with Gasteiger partial charge in [0.15, 0.2) is 0 Å². The summed E-state index contributed by atoms with van der Waals surface area (Å²) in [6, 6.07) is 0. The van der Waals surface area contributed by atoms with Crippen molar-refractivity contribution in [2.24, 2.45) is 5.41 Å². The summed E-state index contributed by atoms with van der Waals surface area (Å²) in [5.74, 6) is 0.213. The van der Waals surface area contributed by atoms with Crippen LogP contribution in [0.3, 0.4) is 0 Å². The Morgan fingerprint density at radius 2 is 2.06 bits per heavy atom. The molecule has 1 N–H and O–H groups in total. The molecule has 3 atom stereocenters. The maximum absolute atomic E-state index is 11.3. The van der Waals surface area contributed by atoms with Crippen LogP contribution < -0.4 is 0 Å². The standard InChI is InChI=1S/C14H22O4/c1-12-9-10(8-11(15)17-4)18-14(12,3)7-5-6-13(12,2)16/h8,16H,5-7,9H2,1-4H3/b10-8+/t12-,13-,14+/m0/s1. The van der Waals surface area contributed by atoms with E-state index >= 15 is 0 Å². The zero-order valence-corrected chi connectivity index (χ0v) is 11.6. The lowest BCUT2D eigenvalue weighted by molar-refractivity contribution is -0.171. The molecule has 2 rings (SSSR count). The van der Waals surface area contributed by atoms with E-state index in [1.807, 2.05) is 20.8 Å². The van der Waals surface area contributed by atoms with E-state index < -0.39 is 17.2 Å². The first-order valence-electron chi connectivity index (χ1n) is 6.44. The molecule has 4 nitrogen and oxygen atoms in total. The lowest BCUT2D eigenvalue weighted by Gasteiger charge is -2.52. The quantitative estimate of drug-likeness (QED) is 0.575. The molecule has 1 saturated carbocycles. The van der Waals surface area contributed by atoms with Crippen LogP contribution in [-0.2, 0) is 14.3 Å². The van der Waals surface area contributed by atoms with Gasteiger partial charge in [0.2, 0.25) is 0 Å². The third-order valence-corrected chi connectivity index (χ3v) is 5.04. The van der Waals surface area contributed by atoms with Gasteiger partial charge in [-0.05, 0) is 33.1 Å². The molecule has 2 aliphatic rings. The van der Waals surface area contributed by atoms with Crippen LogP contribution in [0, 0.1) is 5.41 Å². The normalized spacial score (nSPS) is 45.5. The van der Waals surface area contributed by atoms with Crippen LogP contribution in [0.15, 0.2) is 11.8 Å². The number of hydrogen-bond acceptors (Lipinski definition) is 4. The predicted octanol–water partition coefficient (Wildman–Crippen LogP) is 2.16. The molecule has 1 saturated heterocycles. The number of allylic oxidation sites excluding steroid dienone is 1. The molecule has 0 unspecified atom stereocenters. The van der Waals surface area contributed by atoms with E-state index in [1.165, 1.54) is 13.2 Å².